The standard InChI is InChI=1S/C14H22N2O2S.ClH/c1-3-4-13-5-7-14(8-6-13)19(17,18)16-10-9-15-11-12(16)2;/h5-8,12,15H,3-4,9-11H2,1-2H3;1H/t12-;/m0./s1. The number of aryl methyl sites for hydroxylation is 1. The quantitative estimate of drug-likeness (QED) is 0.924. The van der Waals surface area contributed by atoms with Crippen LogP contribution in [0.3, 0.4) is 0 Å². The Labute approximate surface area is 128 Å². The molecule has 1 aromatic carbocycles. The van der Waals surface area contributed by atoms with E-state index in [1.54, 1.807) is 16.4 Å². The summed E-state index contributed by atoms with van der Waals surface area (Å²) in [6.07, 6.45) is 2.06. The van der Waals surface area contributed by atoms with Crippen LogP contribution < -0.4 is 5.32 Å². The lowest BCUT2D eigenvalue weighted by Gasteiger charge is -2.32. The van der Waals surface area contributed by atoms with Crippen LogP contribution in [0.15, 0.2) is 29.2 Å². The molecule has 0 bridgehead atoms. The number of hydrogen-bond donors (Lipinski definition) is 1. The highest BCUT2D eigenvalue weighted by molar-refractivity contribution is 7.89. The number of rotatable bonds is 4. The van der Waals surface area contributed by atoms with Crippen molar-refractivity contribution in [2.45, 2.75) is 37.6 Å². The molecule has 1 fully saturated rings. The van der Waals surface area contributed by atoms with E-state index in [0.717, 1.165) is 19.4 Å². The van der Waals surface area contributed by atoms with E-state index in [9.17, 15) is 8.42 Å². The first kappa shape index (κ1) is 17.4. The first-order valence-electron chi connectivity index (χ1n) is 6.87. The number of nitrogens with zero attached hydrogens (tertiary/aromatic N) is 1. The Bertz CT molecular complexity index is 516. The number of halogens is 1. The highest BCUT2D eigenvalue weighted by atomic mass is 35.5. The first-order valence-corrected chi connectivity index (χ1v) is 8.31. The predicted molar refractivity (Wildman–Crippen MR) is 83.9 cm³/mol. The Balaban J connectivity index is 0.00000200. The second kappa shape index (κ2) is 7.41. The molecule has 1 heterocycles. The molecule has 0 aromatic heterocycles. The van der Waals surface area contributed by atoms with Gasteiger partial charge in [0.25, 0.3) is 0 Å². The molecular weight excluding hydrogens is 296 g/mol. The van der Waals surface area contributed by atoms with Gasteiger partial charge in [0.1, 0.15) is 0 Å². The predicted octanol–water partition coefficient (Wildman–Crippen LogP) is 2.04. The van der Waals surface area contributed by atoms with E-state index in [-0.39, 0.29) is 18.4 Å². The van der Waals surface area contributed by atoms with Gasteiger partial charge in [-0.25, -0.2) is 8.42 Å². The third-order valence-corrected chi connectivity index (χ3v) is 5.54. The molecule has 1 atom stereocenters. The number of hydrogen-bond acceptors (Lipinski definition) is 3. The van der Waals surface area contributed by atoms with E-state index < -0.39 is 10.0 Å². The summed E-state index contributed by atoms with van der Waals surface area (Å²) in [5, 5.41) is 3.21. The smallest absolute Gasteiger partial charge is 0.243 e. The normalized spacial score (nSPS) is 20.4. The van der Waals surface area contributed by atoms with Gasteiger partial charge in [-0.15, -0.1) is 12.4 Å². The number of piperazine rings is 1. The lowest BCUT2D eigenvalue weighted by atomic mass is 10.1. The van der Waals surface area contributed by atoms with Crippen LogP contribution in [0, 0.1) is 0 Å². The topological polar surface area (TPSA) is 49.4 Å². The molecule has 1 aromatic rings. The monoisotopic (exact) mass is 318 g/mol. The lowest BCUT2D eigenvalue weighted by molar-refractivity contribution is 0.284. The van der Waals surface area contributed by atoms with Gasteiger partial charge >= 0.3 is 0 Å². The van der Waals surface area contributed by atoms with Crippen LogP contribution in [0.25, 0.3) is 0 Å². The van der Waals surface area contributed by atoms with E-state index in [1.165, 1.54) is 5.56 Å². The fourth-order valence-corrected chi connectivity index (χ4v) is 4.06. The molecule has 0 saturated carbocycles. The van der Waals surface area contributed by atoms with Crippen LogP contribution in [0.2, 0.25) is 0 Å². The number of sulfonamides is 1. The Morgan fingerprint density at radius 1 is 1.30 bits per heavy atom. The van der Waals surface area contributed by atoms with Crippen LogP contribution in [0.1, 0.15) is 25.8 Å². The molecule has 2 rings (SSSR count). The highest BCUT2D eigenvalue weighted by Crippen LogP contribution is 2.20. The Morgan fingerprint density at radius 2 is 1.95 bits per heavy atom. The van der Waals surface area contributed by atoms with Gasteiger partial charge in [0.15, 0.2) is 0 Å². The minimum atomic E-state index is -3.35. The molecule has 0 aliphatic carbocycles. The van der Waals surface area contributed by atoms with Crippen LogP contribution in [-0.2, 0) is 16.4 Å². The molecule has 0 radical (unpaired) electrons. The molecule has 1 aliphatic rings. The van der Waals surface area contributed by atoms with Crippen molar-refractivity contribution in [3.8, 4) is 0 Å². The van der Waals surface area contributed by atoms with Crippen molar-refractivity contribution in [2.75, 3.05) is 19.6 Å². The van der Waals surface area contributed by atoms with Crippen LogP contribution in [0.5, 0.6) is 0 Å². The van der Waals surface area contributed by atoms with Gasteiger partial charge < -0.3 is 5.32 Å². The van der Waals surface area contributed by atoms with E-state index in [4.69, 9.17) is 0 Å². The average Bonchev–Trinajstić information content (AvgIpc) is 2.40. The molecule has 0 spiro atoms. The number of nitrogens with one attached hydrogen (secondary N) is 1. The van der Waals surface area contributed by atoms with Crippen molar-refractivity contribution < 1.29 is 8.42 Å². The van der Waals surface area contributed by atoms with Crippen molar-refractivity contribution in [1.82, 2.24) is 9.62 Å². The fourth-order valence-electron chi connectivity index (χ4n) is 2.43. The van der Waals surface area contributed by atoms with E-state index >= 15 is 0 Å². The minimum absolute atomic E-state index is 0. The van der Waals surface area contributed by atoms with Gasteiger partial charge in [-0.1, -0.05) is 25.5 Å². The molecule has 114 valence electrons. The molecule has 6 heteroatoms. The third kappa shape index (κ3) is 3.73. The van der Waals surface area contributed by atoms with Crippen LogP contribution in [-0.4, -0.2) is 38.4 Å². The van der Waals surface area contributed by atoms with E-state index in [2.05, 4.69) is 12.2 Å². The van der Waals surface area contributed by atoms with E-state index in [0.29, 0.717) is 18.0 Å². The summed E-state index contributed by atoms with van der Waals surface area (Å²) < 4.78 is 26.7. The Kier molecular flexibility index (Phi) is 6.45. The maximum absolute atomic E-state index is 12.6. The summed E-state index contributed by atoms with van der Waals surface area (Å²) in [6, 6.07) is 7.31. The van der Waals surface area contributed by atoms with Gasteiger partial charge in [0, 0.05) is 25.7 Å². The highest BCUT2D eigenvalue weighted by Gasteiger charge is 2.30. The van der Waals surface area contributed by atoms with Crippen LogP contribution >= 0.6 is 12.4 Å². The maximum atomic E-state index is 12.6. The van der Waals surface area contributed by atoms with Crippen LogP contribution in [0.4, 0.5) is 0 Å². The fraction of sp³-hybridized carbons (Fsp3) is 0.571. The zero-order valence-corrected chi connectivity index (χ0v) is 13.6. The molecule has 4 nitrogen and oxygen atoms in total. The van der Waals surface area contributed by atoms with E-state index in [1.807, 2.05) is 19.1 Å². The van der Waals surface area contributed by atoms with Crippen molar-refractivity contribution >= 4 is 22.4 Å². The molecule has 1 saturated heterocycles. The van der Waals surface area contributed by atoms with Gasteiger partial charge in [0.05, 0.1) is 4.90 Å². The first-order chi connectivity index (χ1) is 9.05. The zero-order valence-electron chi connectivity index (χ0n) is 12.0. The second-order valence-electron chi connectivity index (χ2n) is 5.06. The molecular formula is C14H23ClN2O2S. The molecule has 0 unspecified atom stereocenters. The molecule has 20 heavy (non-hydrogen) atoms. The lowest BCUT2D eigenvalue weighted by Crippen LogP contribution is -2.52. The summed E-state index contributed by atoms with van der Waals surface area (Å²) in [5.41, 5.74) is 1.19. The summed E-state index contributed by atoms with van der Waals surface area (Å²) in [6.45, 7) is 6.03. The summed E-state index contributed by atoms with van der Waals surface area (Å²) >= 11 is 0. The van der Waals surface area contributed by atoms with Gasteiger partial charge in [-0.3, -0.25) is 0 Å². The van der Waals surface area contributed by atoms with Crippen molar-refractivity contribution in [3.05, 3.63) is 29.8 Å². The Hall–Kier alpha value is -0.620. The van der Waals surface area contributed by atoms with Gasteiger partial charge in [-0.2, -0.15) is 4.31 Å². The molecule has 0 amide bonds. The largest absolute Gasteiger partial charge is 0.314 e. The van der Waals surface area contributed by atoms with Crippen molar-refractivity contribution in [3.63, 3.8) is 0 Å². The zero-order chi connectivity index (χ0) is 13.9. The SMILES string of the molecule is CCCc1ccc(S(=O)(=O)N2CCNC[C@@H]2C)cc1.Cl. The third-order valence-electron chi connectivity index (χ3n) is 3.51. The summed E-state index contributed by atoms with van der Waals surface area (Å²) in [4.78, 5) is 0.404. The second-order valence-corrected chi connectivity index (χ2v) is 6.95. The average molecular weight is 319 g/mol. The molecule has 1 N–H and O–H groups in total. The van der Waals surface area contributed by atoms with Gasteiger partial charge in [-0.05, 0) is 31.0 Å². The number of benzene rings is 1. The Morgan fingerprint density at radius 3 is 2.50 bits per heavy atom. The molecule has 1 aliphatic heterocycles. The maximum Gasteiger partial charge on any atom is 0.243 e. The minimum Gasteiger partial charge on any atom is -0.314 e. The summed E-state index contributed by atoms with van der Waals surface area (Å²) in [7, 11) is -3.35. The van der Waals surface area contributed by atoms with Crippen molar-refractivity contribution in [2.24, 2.45) is 0 Å². The van der Waals surface area contributed by atoms with Gasteiger partial charge in [0.2, 0.25) is 10.0 Å². The summed E-state index contributed by atoms with van der Waals surface area (Å²) in [5.74, 6) is 0. The van der Waals surface area contributed by atoms with Crippen molar-refractivity contribution in [1.29, 1.82) is 0 Å².